The van der Waals surface area contributed by atoms with Crippen LogP contribution < -0.4 is 4.74 Å². The highest BCUT2D eigenvalue weighted by Crippen LogP contribution is 2.30. The Morgan fingerprint density at radius 2 is 2.10 bits per heavy atom. The number of aromatic carboxylic acids is 1. The number of aromatic nitrogens is 2. The Balaban J connectivity index is 2.79. The summed E-state index contributed by atoms with van der Waals surface area (Å²) in [7, 11) is 1.57. The Hall–Kier alpha value is -2.56. The van der Waals surface area contributed by atoms with Crippen LogP contribution in [-0.2, 0) is 0 Å². The Morgan fingerprint density at radius 1 is 1.43 bits per heavy atom. The minimum Gasteiger partial charge on any atom is -0.494 e. The molecule has 1 aromatic heterocycles. The Bertz CT molecular complexity index is 687. The van der Waals surface area contributed by atoms with Crippen LogP contribution in [0.3, 0.4) is 0 Å². The first-order valence-electron chi connectivity index (χ1n) is 6.63. The Labute approximate surface area is 123 Å². The van der Waals surface area contributed by atoms with E-state index in [2.05, 4.69) is 11.7 Å². The van der Waals surface area contributed by atoms with Crippen molar-refractivity contribution in [2.75, 3.05) is 7.11 Å². The molecule has 0 amide bonds. The zero-order chi connectivity index (χ0) is 15.6. The third-order valence-electron chi connectivity index (χ3n) is 3.23. The third kappa shape index (κ3) is 2.54. The van der Waals surface area contributed by atoms with Gasteiger partial charge in [0.25, 0.3) is 0 Å². The van der Waals surface area contributed by atoms with E-state index in [1.54, 1.807) is 11.8 Å². The van der Waals surface area contributed by atoms with Crippen LogP contribution in [-0.4, -0.2) is 28.0 Å². The van der Waals surface area contributed by atoms with Crippen LogP contribution >= 0.6 is 0 Å². The van der Waals surface area contributed by atoms with Gasteiger partial charge >= 0.3 is 5.97 Å². The molecule has 1 N–H and O–H groups in total. The van der Waals surface area contributed by atoms with Crippen LogP contribution in [0.4, 0.5) is 0 Å². The van der Waals surface area contributed by atoms with E-state index < -0.39 is 5.97 Å². The molecule has 0 aliphatic heterocycles. The van der Waals surface area contributed by atoms with Gasteiger partial charge in [-0.3, -0.25) is 0 Å². The summed E-state index contributed by atoms with van der Waals surface area (Å²) in [6.45, 7) is 7.69. The maximum atomic E-state index is 11.4. The van der Waals surface area contributed by atoms with Crippen LogP contribution in [0.25, 0.3) is 11.8 Å². The molecule has 5 heteroatoms. The zero-order valence-corrected chi connectivity index (χ0v) is 12.3. The highest BCUT2D eigenvalue weighted by Gasteiger charge is 2.24. The molecule has 0 radical (unpaired) electrons. The van der Waals surface area contributed by atoms with Crippen molar-refractivity contribution in [1.82, 2.24) is 9.78 Å². The predicted molar refractivity (Wildman–Crippen MR) is 81.3 cm³/mol. The van der Waals surface area contributed by atoms with Gasteiger partial charge in [-0.05, 0) is 18.1 Å². The molecule has 0 saturated heterocycles. The monoisotopic (exact) mass is 286 g/mol. The molecule has 0 bridgehead atoms. The number of hydrogen-bond donors (Lipinski definition) is 1. The highest BCUT2D eigenvalue weighted by atomic mass is 16.5. The van der Waals surface area contributed by atoms with Gasteiger partial charge in [0.2, 0.25) is 0 Å². The Morgan fingerprint density at radius 3 is 2.62 bits per heavy atom. The van der Waals surface area contributed by atoms with Gasteiger partial charge in [0.15, 0.2) is 5.69 Å². The molecule has 2 aromatic rings. The van der Waals surface area contributed by atoms with E-state index in [-0.39, 0.29) is 11.6 Å². The summed E-state index contributed by atoms with van der Waals surface area (Å²) in [6.07, 6.45) is 1.54. The molecule has 1 heterocycles. The van der Waals surface area contributed by atoms with Crippen molar-refractivity contribution in [2.45, 2.75) is 19.8 Å². The summed E-state index contributed by atoms with van der Waals surface area (Å²) in [5, 5.41) is 13.6. The lowest BCUT2D eigenvalue weighted by molar-refractivity contribution is 0.0689. The van der Waals surface area contributed by atoms with Gasteiger partial charge in [-0.2, -0.15) is 5.10 Å². The number of carboxylic acid groups (broad SMARTS) is 1. The summed E-state index contributed by atoms with van der Waals surface area (Å²) in [6, 6.07) is 7.37. The zero-order valence-electron chi connectivity index (χ0n) is 12.3. The quantitative estimate of drug-likeness (QED) is 0.915. The summed E-state index contributed by atoms with van der Waals surface area (Å²) in [4.78, 5) is 11.4. The summed E-state index contributed by atoms with van der Waals surface area (Å²) < 4.78 is 6.97. The molecule has 21 heavy (non-hydrogen) atoms. The number of para-hydroxylation sites is 2. The van der Waals surface area contributed by atoms with Crippen molar-refractivity contribution in [3.8, 4) is 11.4 Å². The van der Waals surface area contributed by atoms with E-state index in [0.29, 0.717) is 17.0 Å². The number of benzene rings is 1. The lowest BCUT2D eigenvalue weighted by Crippen LogP contribution is -2.06. The molecule has 1 aromatic carbocycles. The molecule has 0 unspecified atom stereocenters. The van der Waals surface area contributed by atoms with Crippen LogP contribution in [0.5, 0.6) is 5.75 Å². The van der Waals surface area contributed by atoms with E-state index in [9.17, 15) is 9.90 Å². The SMILES string of the molecule is C=Cc1c(C(=O)O)nn(-c2ccccc2OC)c1C(C)C. The van der Waals surface area contributed by atoms with Gasteiger partial charge in [0.1, 0.15) is 11.4 Å². The summed E-state index contributed by atoms with van der Waals surface area (Å²) in [5.41, 5.74) is 2.05. The van der Waals surface area contributed by atoms with Crippen molar-refractivity contribution < 1.29 is 14.6 Å². The molecule has 0 atom stereocenters. The van der Waals surface area contributed by atoms with Crippen molar-refractivity contribution in [1.29, 1.82) is 0 Å². The van der Waals surface area contributed by atoms with Gasteiger partial charge in [0, 0.05) is 5.56 Å². The van der Waals surface area contributed by atoms with Gasteiger partial charge < -0.3 is 9.84 Å². The van der Waals surface area contributed by atoms with Gasteiger partial charge in [-0.1, -0.05) is 38.6 Å². The molecule has 0 spiro atoms. The normalized spacial score (nSPS) is 10.7. The van der Waals surface area contributed by atoms with Gasteiger partial charge in [-0.25, -0.2) is 9.48 Å². The highest BCUT2D eigenvalue weighted by molar-refractivity contribution is 5.90. The number of methoxy groups -OCH3 is 1. The smallest absolute Gasteiger partial charge is 0.357 e. The maximum Gasteiger partial charge on any atom is 0.357 e. The largest absolute Gasteiger partial charge is 0.494 e. The lowest BCUT2D eigenvalue weighted by Gasteiger charge is -2.14. The first-order valence-corrected chi connectivity index (χ1v) is 6.63. The second kappa shape index (κ2) is 5.83. The van der Waals surface area contributed by atoms with E-state index in [1.165, 1.54) is 6.08 Å². The number of ether oxygens (including phenoxy) is 1. The van der Waals surface area contributed by atoms with Crippen molar-refractivity contribution in [3.63, 3.8) is 0 Å². The maximum absolute atomic E-state index is 11.4. The van der Waals surface area contributed by atoms with Crippen LogP contribution in [0, 0.1) is 0 Å². The first kappa shape index (κ1) is 14.8. The minimum atomic E-state index is -1.07. The molecule has 2 rings (SSSR count). The second-order valence-corrected chi connectivity index (χ2v) is 4.90. The van der Waals surface area contributed by atoms with Crippen molar-refractivity contribution >= 4 is 12.0 Å². The molecule has 0 fully saturated rings. The summed E-state index contributed by atoms with van der Waals surface area (Å²) in [5.74, 6) is -0.349. The molecule has 110 valence electrons. The fraction of sp³-hybridized carbons (Fsp3) is 0.250. The van der Waals surface area contributed by atoms with E-state index in [1.807, 2.05) is 38.1 Å². The fourth-order valence-corrected chi connectivity index (χ4v) is 2.35. The third-order valence-corrected chi connectivity index (χ3v) is 3.23. The summed E-state index contributed by atoms with van der Waals surface area (Å²) >= 11 is 0. The average molecular weight is 286 g/mol. The van der Waals surface area contributed by atoms with Crippen molar-refractivity contribution in [3.05, 3.63) is 47.8 Å². The molecule has 0 aliphatic rings. The number of carboxylic acids is 1. The van der Waals surface area contributed by atoms with E-state index in [4.69, 9.17) is 4.74 Å². The van der Waals surface area contributed by atoms with Crippen LogP contribution in [0.2, 0.25) is 0 Å². The number of rotatable bonds is 5. The lowest BCUT2D eigenvalue weighted by atomic mass is 10.0. The van der Waals surface area contributed by atoms with E-state index in [0.717, 1.165) is 5.69 Å². The first-order chi connectivity index (χ1) is 10.0. The van der Waals surface area contributed by atoms with Crippen LogP contribution in [0.15, 0.2) is 30.8 Å². The van der Waals surface area contributed by atoms with Crippen LogP contribution in [0.1, 0.15) is 41.5 Å². The fourth-order valence-electron chi connectivity index (χ4n) is 2.35. The molecule has 0 aliphatic carbocycles. The molecule has 0 saturated carbocycles. The minimum absolute atomic E-state index is 0.000365. The van der Waals surface area contributed by atoms with Gasteiger partial charge in [0.05, 0.1) is 12.8 Å². The van der Waals surface area contributed by atoms with Crippen molar-refractivity contribution in [2.24, 2.45) is 0 Å². The van der Waals surface area contributed by atoms with E-state index >= 15 is 0 Å². The molecule has 5 nitrogen and oxygen atoms in total. The second-order valence-electron chi connectivity index (χ2n) is 4.90. The number of hydrogen-bond acceptors (Lipinski definition) is 3. The average Bonchev–Trinajstić information content (AvgIpc) is 2.86. The predicted octanol–water partition coefficient (Wildman–Crippen LogP) is 3.35. The molecular formula is C16H18N2O3. The number of nitrogens with zero attached hydrogens (tertiary/aromatic N) is 2. The standard InChI is InChI=1S/C16H18N2O3/c1-5-11-14(16(19)20)17-18(15(11)10(2)3)12-8-6-7-9-13(12)21-4/h5-10H,1H2,2-4H3,(H,19,20). The number of carbonyl (C=O) groups is 1. The molecular weight excluding hydrogens is 268 g/mol. The Kier molecular flexibility index (Phi) is 4.12. The topological polar surface area (TPSA) is 64.3 Å². The van der Waals surface area contributed by atoms with Gasteiger partial charge in [-0.15, -0.1) is 0 Å².